The van der Waals surface area contributed by atoms with E-state index in [-0.39, 0.29) is 99.3 Å². The van der Waals surface area contributed by atoms with Crippen molar-refractivity contribution in [3.63, 3.8) is 0 Å². The SMILES string of the molecule is CCC(C)C(C(CC(=O)N1CCCC1C(OC)C(C)C(=O)N[C@@H](Cc1ccccc1)C(=O)N[C@@H](Cc1ccc(NC(=O)C(CCCNC(N)=O)NC(=O)[C@H](NC(=O)C[C@@H]2O[C@H](CNC(=O)CCCCN3C(=O)C=CC3=O)C(O)C2O)C(C)C)cc1)C(=O)OC)OC)N(C)C(=O)[C@@H](NC(=O)C(C(C)C)N(C)C)C(C)C. The molecular weight excluding hydrogens is 1410 g/mol. The number of anilines is 1. The zero-order valence-corrected chi connectivity index (χ0v) is 65.8. The maximum absolute atomic E-state index is 14.7. The minimum Gasteiger partial charge on any atom is -0.467 e. The minimum absolute atomic E-state index is 0.00144. The summed E-state index contributed by atoms with van der Waals surface area (Å²) in [4.78, 5) is 182. The number of methoxy groups -OCH3 is 3. The summed E-state index contributed by atoms with van der Waals surface area (Å²) in [6, 6.07) is 6.81. The average molecular weight is 1530 g/mol. The number of esters is 1. The van der Waals surface area contributed by atoms with Gasteiger partial charge in [-0.25, -0.2) is 9.59 Å². The molecule has 2 fully saturated rings. The zero-order valence-electron chi connectivity index (χ0n) is 65.8. The van der Waals surface area contributed by atoms with Crippen LogP contribution in [-0.2, 0) is 89.3 Å². The van der Waals surface area contributed by atoms with Gasteiger partial charge in [-0.15, -0.1) is 0 Å². The Morgan fingerprint density at radius 1 is 0.651 bits per heavy atom. The summed E-state index contributed by atoms with van der Waals surface area (Å²) >= 11 is 0. The molecule has 3 aliphatic rings. The van der Waals surface area contributed by atoms with Crippen molar-refractivity contribution in [2.24, 2.45) is 35.3 Å². The largest absolute Gasteiger partial charge is 0.467 e. The van der Waals surface area contributed by atoms with Crippen molar-refractivity contribution >= 4 is 82.7 Å². The maximum atomic E-state index is 14.7. The fourth-order valence-corrected chi connectivity index (χ4v) is 14.2. The molecule has 5 rings (SSSR count). The van der Waals surface area contributed by atoms with Crippen LogP contribution in [0.2, 0.25) is 0 Å². The van der Waals surface area contributed by atoms with Gasteiger partial charge in [-0.2, -0.15) is 0 Å². The predicted octanol–water partition coefficient (Wildman–Crippen LogP) is 1.37. The predicted molar refractivity (Wildman–Crippen MR) is 404 cm³/mol. The summed E-state index contributed by atoms with van der Waals surface area (Å²) < 4.78 is 23.2. The lowest BCUT2D eigenvalue weighted by atomic mass is 9.89. The third-order valence-electron chi connectivity index (χ3n) is 20.5. The minimum atomic E-state index is -1.55. The molecule has 13 amide bonds. The summed E-state index contributed by atoms with van der Waals surface area (Å²) in [5.41, 5.74) is 6.72. The van der Waals surface area contributed by atoms with Crippen molar-refractivity contribution in [2.75, 3.05) is 74.0 Å². The van der Waals surface area contributed by atoms with Crippen LogP contribution in [0.4, 0.5) is 10.5 Å². The number of likely N-dealkylation sites (N-methyl/N-ethyl adjacent to an activating group) is 2. The van der Waals surface area contributed by atoms with Gasteiger partial charge in [-0.3, -0.25) is 62.5 Å². The van der Waals surface area contributed by atoms with Crippen LogP contribution < -0.4 is 48.3 Å². The van der Waals surface area contributed by atoms with Crippen LogP contribution in [-0.4, -0.2) is 260 Å². The number of benzene rings is 2. The molecule has 12 N–H and O–H groups in total. The Hall–Kier alpha value is -8.95. The molecule has 109 heavy (non-hydrogen) atoms. The summed E-state index contributed by atoms with van der Waals surface area (Å²) in [7, 11) is 9.44. The molecule has 2 saturated heterocycles. The molecule has 2 aromatic carbocycles. The van der Waals surface area contributed by atoms with Gasteiger partial charge in [0.1, 0.15) is 48.5 Å². The molecule has 0 saturated carbocycles. The Morgan fingerprint density at radius 3 is 1.83 bits per heavy atom. The number of amides is 13. The maximum Gasteiger partial charge on any atom is 0.328 e. The van der Waals surface area contributed by atoms with Crippen LogP contribution in [0.3, 0.4) is 0 Å². The lowest BCUT2D eigenvalue weighted by Gasteiger charge is -2.41. The molecule has 2 aromatic rings. The summed E-state index contributed by atoms with van der Waals surface area (Å²) in [5.74, 6) is -8.34. The molecule has 10 unspecified atom stereocenters. The molecule has 0 spiro atoms. The summed E-state index contributed by atoms with van der Waals surface area (Å²) in [6.45, 7) is 16.9. The van der Waals surface area contributed by atoms with Crippen molar-refractivity contribution in [3.8, 4) is 0 Å². The van der Waals surface area contributed by atoms with Gasteiger partial charge in [0.25, 0.3) is 11.8 Å². The monoisotopic (exact) mass is 1530 g/mol. The number of carbonyl (C=O) groups is 13. The van der Waals surface area contributed by atoms with Crippen LogP contribution in [0.15, 0.2) is 66.7 Å². The number of urea groups is 1. The molecule has 606 valence electrons. The molecular formula is C77H119N13O19. The number of primary amides is 1. The third kappa shape index (κ3) is 26.7. The number of nitrogens with one attached hydrogen (secondary N) is 8. The molecule has 0 bridgehead atoms. The van der Waals surface area contributed by atoms with E-state index in [1.807, 2.05) is 60.5 Å². The van der Waals surface area contributed by atoms with Gasteiger partial charge in [-0.1, -0.05) is 111 Å². The normalized spacial score (nSPS) is 20.1. The van der Waals surface area contributed by atoms with E-state index in [0.29, 0.717) is 49.8 Å². The third-order valence-corrected chi connectivity index (χ3v) is 20.5. The fraction of sp³-hybridized carbons (Fsp3) is 0.649. The van der Waals surface area contributed by atoms with Crippen molar-refractivity contribution < 1.29 is 91.5 Å². The zero-order chi connectivity index (χ0) is 81.1. The van der Waals surface area contributed by atoms with E-state index >= 15 is 0 Å². The number of ether oxygens (including phenoxy) is 4. The first-order valence-corrected chi connectivity index (χ1v) is 37.7. The summed E-state index contributed by atoms with van der Waals surface area (Å²) in [6.07, 6.45) is -2.76. The highest BCUT2D eigenvalue weighted by Gasteiger charge is 2.46. The molecule has 16 atom stereocenters. The van der Waals surface area contributed by atoms with Crippen molar-refractivity contribution in [3.05, 3.63) is 77.9 Å². The van der Waals surface area contributed by atoms with Crippen molar-refractivity contribution in [1.29, 1.82) is 0 Å². The average Bonchev–Trinajstić information content (AvgIpc) is 1.80. The van der Waals surface area contributed by atoms with E-state index in [4.69, 9.17) is 24.7 Å². The lowest BCUT2D eigenvalue weighted by molar-refractivity contribution is -0.148. The first kappa shape index (κ1) is 90.7. The van der Waals surface area contributed by atoms with E-state index < -0.39 is 162 Å². The van der Waals surface area contributed by atoms with E-state index in [1.54, 1.807) is 80.1 Å². The van der Waals surface area contributed by atoms with E-state index in [0.717, 1.165) is 12.0 Å². The van der Waals surface area contributed by atoms with Crippen LogP contribution in [0.25, 0.3) is 0 Å². The number of hydrogen-bond acceptors (Lipinski definition) is 20. The number of nitrogens with two attached hydrogens (primary N) is 1. The number of hydrogen-bond donors (Lipinski definition) is 11. The molecule has 32 heteroatoms. The van der Waals surface area contributed by atoms with Crippen molar-refractivity contribution in [2.45, 2.75) is 224 Å². The molecule has 3 heterocycles. The van der Waals surface area contributed by atoms with Crippen molar-refractivity contribution in [1.82, 2.24) is 56.8 Å². The second-order valence-electron chi connectivity index (χ2n) is 29.8. The first-order chi connectivity index (χ1) is 51.6. The highest BCUT2D eigenvalue weighted by Crippen LogP contribution is 2.31. The second-order valence-corrected chi connectivity index (χ2v) is 29.8. The number of carbonyl (C=O) groups excluding carboxylic acids is 13. The number of nitrogens with zero attached hydrogens (tertiary/aromatic N) is 4. The quantitative estimate of drug-likeness (QED) is 0.0253. The molecule has 3 aliphatic heterocycles. The lowest BCUT2D eigenvalue weighted by Crippen LogP contribution is -2.59. The Bertz CT molecular complexity index is 3410. The van der Waals surface area contributed by atoms with Gasteiger partial charge < -0.3 is 87.2 Å². The Morgan fingerprint density at radius 2 is 1.26 bits per heavy atom. The van der Waals surface area contributed by atoms with Gasteiger partial charge in [-0.05, 0) is 99.6 Å². The van der Waals surface area contributed by atoms with Gasteiger partial charge in [0, 0.05) is 84.5 Å². The summed E-state index contributed by atoms with van der Waals surface area (Å²) in [5, 5.41) is 43.6. The molecule has 0 radical (unpaired) electrons. The second kappa shape index (κ2) is 44.0. The Balaban J connectivity index is 1.24. The van der Waals surface area contributed by atoms with Crippen LogP contribution in [0.1, 0.15) is 138 Å². The smallest absolute Gasteiger partial charge is 0.328 e. The highest BCUT2D eigenvalue weighted by atomic mass is 16.5. The van der Waals surface area contributed by atoms with Gasteiger partial charge in [0.05, 0.1) is 62.3 Å². The number of aliphatic hydroxyl groups excluding tert-OH is 2. The Kier molecular flexibility index (Phi) is 36.6. The van der Waals surface area contributed by atoms with Gasteiger partial charge in [0.15, 0.2) is 0 Å². The fourth-order valence-electron chi connectivity index (χ4n) is 14.2. The molecule has 0 aromatic heterocycles. The van der Waals surface area contributed by atoms with Gasteiger partial charge in [0.2, 0.25) is 53.2 Å². The highest BCUT2D eigenvalue weighted by molar-refractivity contribution is 6.13. The van der Waals surface area contributed by atoms with Crippen LogP contribution >= 0.6 is 0 Å². The van der Waals surface area contributed by atoms with E-state index in [2.05, 4.69) is 42.5 Å². The topological polar surface area (TPSA) is 435 Å². The van der Waals surface area contributed by atoms with E-state index in [9.17, 15) is 72.5 Å². The number of unbranched alkanes of at least 4 members (excludes halogenated alkanes) is 1. The number of rotatable bonds is 44. The molecule has 0 aliphatic carbocycles. The number of aliphatic hydroxyl groups is 2. The number of imide groups is 1. The first-order valence-electron chi connectivity index (χ1n) is 37.7. The van der Waals surface area contributed by atoms with Crippen LogP contribution in [0.5, 0.6) is 0 Å². The standard InChI is InChI=1S/C77H119N13O19/c1-16-46(8)66(88(12)75(103)64(44(4)5)86-74(102)65(45(6)7)87(10)11)55(106-13)41-62(95)89-37-23-27-54(89)69(107-14)47(9)70(98)83-52(38-48-24-18-17-19-25-48)72(100)84-53(76(104)108-15)39-49-29-31-50(32-30-49)81-71(99)51(26-22-35-79-77(78)105)82-73(101)63(43(2)3)85-59(92)40-56-67(96)68(97)57(109-56)42-80-58(91)28-20-21-36-90-60(93)33-34-61(90)94/h17-19,24-25,29-34,43-47,51-57,63-69,96-97H,16,20-23,26-28,35-42H2,1-15H3,(H,80,91)(H,81,99)(H,82,101)(H,83,98)(H,84,100)(H,85,92)(H,86,102)(H3,78,79,105)/t46?,47?,51?,52-,53-,54?,55?,56-,57+,63+,64-,65?,66?,67?,68?,69?/m0/s1. The van der Waals surface area contributed by atoms with Crippen LogP contribution in [0, 0.1) is 29.6 Å². The van der Waals surface area contributed by atoms with Gasteiger partial charge >= 0.3 is 12.0 Å². The molecule has 32 nitrogen and oxygen atoms in total. The van der Waals surface area contributed by atoms with E-state index in [1.165, 1.54) is 38.5 Å². The number of likely N-dealkylation sites (tertiary alicyclic amines) is 1. The Labute approximate surface area is 639 Å².